The highest BCUT2D eigenvalue weighted by Crippen LogP contribution is 2.27. The van der Waals surface area contributed by atoms with Gasteiger partial charge in [0.1, 0.15) is 11.9 Å². The van der Waals surface area contributed by atoms with Crippen LogP contribution in [0.3, 0.4) is 0 Å². The maximum atomic E-state index is 13.5. The average Bonchev–Trinajstić information content (AvgIpc) is 3.29. The summed E-state index contributed by atoms with van der Waals surface area (Å²) in [5.74, 6) is 0.592. The van der Waals surface area contributed by atoms with Crippen molar-refractivity contribution in [3.8, 4) is 5.75 Å². The van der Waals surface area contributed by atoms with E-state index in [1.807, 2.05) is 13.8 Å². The third kappa shape index (κ3) is 5.38. The van der Waals surface area contributed by atoms with E-state index >= 15 is 0 Å². The van der Waals surface area contributed by atoms with E-state index in [1.54, 1.807) is 48.5 Å². The minimum absolute atomic E-state index is 0.0481. The topological polar surface area (TPSA) is 117 Å². The lowest BCUT2D eigenvalue weighted by molar-refractivity contribution is 0.301. The number of ether oxygens (including phenoxy) is 1. The van der Waals surface area contributed by atoms with Crippen molar-refractivity contribution in [2.45, 2.75) is 36.2 Å². The van der Waals surface area contributed by atoms with Crippen molar-refractivity contribution in [1.82, 2.24) is 14.7 Å². The number of sulfonamides is 2. The Bertz CT molecular complexity index is 1450. The van der Waals surface area contributed by atoms with E-state index in [-0.39, 0.29) is 16.2 Å². The molecule has 3 aromatic rings. The third-order valence-corrected chi connectivity index (χ3v) is 8.51. The molecular formula is C24H26N4O5S2. The highest BCUT2D eigenvalue weighted by Gasteiger charge is 2.37. The first-order valence-electron chi connectivity index (χ1n) is 10.8. The van der Waals surface area contributed by atoms with Gasteiger partial charge in [-0.1, -0.05) is 47.5 Å². The molecule has 1 unspecified atom stereocenters. The molecule has 0 spiro atoms. The lowest BCUT2D eigenvalue weighted by Gasteiger charge is -2.24. The minimum Gasteiger partial charge on any atom is -0.497 e. The van der Waals surface area contributed by atoms with Gasteiger partial charge in [-0.15, -0.1) is 4.83 Å². The molecule has 184 valence electrons. The fourth-order valence-electron chi connectivity index (χ4n) is 3.54. The van der Waals surface area contributed by atoms with Gasteiger partial charge in [-0.05, 0) is 50.2 Å². The van der Waals surface area contributed by atoms with Gasteiger partial charge < -0.3 is 4.74 Å². The van der Waals surface area contributed by atoms with E-state index in [1.165, 1.54) is 31.4 Å². The quantitative estimate of drug-likeness (QED) is 0.447. The first kappa shape index (κ1) is 24.9. The molecule has 2 N–H and O–H groups in total. The number of nitrogens with one attached hydrogen (secondary N) is 2. The SMILES string of the molecule is COc1cccc(C2=NN(S(=O)(=O)c3ccc(C)cc3)C(NNS(=O)(=O)c3ccc(C)cc3)C2)c1. The highest BCUT2D eigenvalue weighted by molar-refractivity contribution is 7.89. The summed E-state index contributed by atoms with van der Waals surface area (Å²) in [6.07, 6.45) is -0.878. The maximum Gasteiger partial charge on any atom is 0.280 e. The van der Waals surface area contributed by atoms with Crippen LogP contribution in [-0.2, 0) is 20.0 Å². The van der Waals surface area contributed by atoms with E-state index in [2.05, 4.69) is 15.4 Å². The van der Waals surface area contributed by atoms with Crippen LogP contribution >= 0.6 is 0 Å². The lowest BCUT2D eigenvalue weighted by atomic mass is 10.1. The number of benzene rings is 3. The summed E-state index contributed by atoms with van der Waals surface area (Å²) in [4.78, 5) is 2.41. The van der Waals surface area contributed by atoms with Crippen LogP contribution in [0.1, 0.15) is 23.1 Å². The average molecular weight is 515 g/mol. The van der Waals surface area contributed by atoms with Crippen molar-refractivity contribution in [2.24, 2.45) is 5.10 Å². The Balaban J connectivity index is 1.66. The molecule has 9 nitrogen and oxygen atoms in total. The van der Waals surface area contributed by atoms with E-state index in [4.69, 9.17) is 4.74 Å². The van der Waals surface area contributed by atoms with Crippen LogP contribution < -0.4 is 15.0 Å². The summed E-state index contributed by atoms with van der Waals surface area (Å²) >= 11 is 0. The molecule has 0 fully saturated rings. The van der Waals surface area contributed by atoms with Crippen LogP contribution in [0, 0.1) is 13.8 Å². The summed E-state index contributed by atoms with van der Waals surface area (Å²) in [6.45, 7) is 3.71. The largest absolute Gasteiger partial charge is 0.497 e. The van der Waals surface area contributed by atoms with Crippen LogP contribution in [0.25, 0.3) is 0 Å². The van der Waals surface area contributed by atoms with Gasteiger partial charge in [0.25, 0.3) is 20.0 Å². The summed E-state index contributed by atoms with van der Waals surface area (Å²) in [5.41, 5.74) is 5.62. The van der Waals surface area contributed by atoms with E-state index in [9.17, 15) is 16.8 Å². The van der Waals surface area contributed by atoms with Crippen molar-refractivity contribution >= 4 is 25.8 Å². The van der Waals surface area contributed by atoms with Crippen molar-refractivity contribution in [1.29, 1.82) is 0 Å². The number of hydrogen-bond acceptors (Lipinski definition) is 7. The standard InChI is InChI=1S/C24H26N4O5S2/c1-17-7-11-21(12-8-17)34(29,30)27-25-24-16-23(19-5-4-6-20(15-19)33-3)26-28(24)35(31,32)22-13-9-18(2)10-14-22/h4-15,24-25,27H,16H2,1-3H3. The number of hydrazone groups is 1. The number of rotatable bonds is 8. The zero-order chi connectivity index (χ0) is 25.2. The Hall–Kier alpha value is -3.25. The number of aryl methyl sites for hydroxylation is 2. The molecule has 1 heterocycles. The van der Waals surface area contributed by atoms with Crippen LogP contribution in [0.2, 0.25) is 0 Å². The molecule has 0 aliphatic carbocycles. The fraction of sp³-hybridized carbons (Fsp3) is 0.208. The second kappa shape index (κ2) is 9.78. The van der Waals surface area contributed by atoms with Gasteiger partial charge in [-0.3, -0.25) is 0 Å². The van der Waals surface area contributed by atoms with Gasteiger partial charge in [0.05, 0.1) is 22.6 Å². The number of hydrogen-bond donors (Lipinski definition) is 2. The lowest BCUT2D eigenvalue weighted by Crippen LogP contribution is -2.51. The van der Waals surface area contributed by atoms with Crippen LogP contribution in [0.15, 0.2) is 87.7 Å². The smallest absolute Gasteiger partial charge is 0.280 e. The molecule has 1 atom stereocenters. The zero-order valence-corrected chi connectivity index (χ0v) is 21.1. The Morgan fingerprint density at radius 3 is 2.09 bits per heavy atom. The molecule has 11 heteroatoms. The van der Waals surface area contributed by atoms with Crippen LogP contribution in [0.5, 0.6) is 5.75 Å². The van der Waals surface area contributed by atoms with Gasteiger partial charge in [0.2, 0.25) is 0 Å². The molecule has 0 amide bonds. The third-order valence-electron chi connectivity index (χ3n) is 5.53. The molecule has 0 bridgehead atoms. The van der Waals surface area contributed by atoms with Gasteiger partial charge in [-0.25, -0.2) is 13.8 Å². The zero-order valence-electron chi connectivity index (χ0n) is 19.5. The first-order chi connectivity index (χ1) is 16.6. The van der Waals surface area contributed by atoms with Gasteiger partial charge in [-0.2, -0.15) is 17.9 Å². The van der Waals surface area contributed by atoms with Crippen LogP contribution in [-0.4, -0.2) is 40.2 Å². The van der Waals surface area contributed by atoms with E-state index in [0.717, 1.165) is 15.5 Å². The molecule has 3 aromatic carbocycles. The molecule has 0 saturated heterocycles. The molecule has 35 heavy (non-hydrogen) atoms. The van der Waals surface area contributed by atoms with Gasteiger partial charge in [0.15, 0.2) is 0 Å². The summed E-state index contributed by atoms with van der Waals surface area (Å²) in [7, 11) is -6.50. The summed E-state index contributed by atoms with van der Waals surface area (Å²) in [6, 6.07) is 19.8. The van der Waals surface area contributed by atoms with Crippen molar-refractivity contribution in [2.75, 3.05) is 7.11 Å². The highest BCUT2D eigenvalue weighted by atomic mass is 32.2. The van der Waals surface area contributed by atoms with Gasteiger partial charge >= 0.3 is 0 Å². The summed E-state index contributed by atoms with van der Waals surface area (Å²) in [5, 5.41) is 4.38. The molecular weight excluding hydrogens is 488 g/mol. The second-order valence-corrected chi connectivity index (χ2v) is 11.6. The Kier molecular flexibility index (Phi) is 6.95. The molecule has 4 rings (SSSR count). The van der Waals surface area contributed by atoms with E-state index in [0.29, 0.717) is 17.0 Å². The van der Waals surface area contributed by atoms with E-state index < -0.39 is 26.2 Å². The number of methoxy groups -OCH3 is 1. The fourth-order valence-corrected chi connectivity index (χ4v) is 5.80. The Morgan fingerprint density at radius 1 is 0.886 bits per heavy atom. The molecule has 0 radical (unpaired) electrons. The van der Waals surface area contributed by atoms with Crippen molar-refractivity contribution in [3.63, 3.8) is 0 Å². The monoisotopic (exact) mass is 514 g/mol. The predicted octanol–water partition coefficient (Wildman–Crippen LogP) is 2.92. The summed E-state index contributed by atoms with van der Waals surface area (Å²) < 4.78 is 58.7. The second-order valence-electron chi connectivity index (χ2n) is 8.15. The maximum absolute atomic E-state index is 13.5. The van der Waals surface area contributed by atoms with Crippen LogP contribution in [0.4, 0.5) is 0 Å². The van der Waals surface area contributed by atoms with Crippen molar-refractivity contribution in [3.05, 3.63) is 89.5 Å². The Morgan fingerprint density at radius 2 is 1.49 bits per heavy atom. The van der Waals surface area contributed by atoms with Gasteiger partial charge in [0, 0.05) is 12.0 Å². The van der Waals surface area contributed by atoms with Crippen molar-refractivity contribution < 1.29 is 21.6 Å². The number of nitrogens with zero attached hydrogens (tertiary/aromatic N) is 2. The molecule has 1 aliphatic heterocycles. The Labute approximate surface area is 205 Å². The first-order valence-corrected chi connectivity index (χ1v) is 13.7. The number of hydrazine groups is 1. The predicted molar refractivity (Wildman–Crippen MR) is 133 cm³/mol. The normalized spacial score (nSPS) is 16.3. The molecule has 0 saturated carbocycles. The molecule has 1 aliphatic rings. The minimum atomic E-state index is -4.08. The molecule has 0 aromatic heterocycles.